The van der Waals surface area contributed by atoms with Crippen LogP contribution in [0, 0.1) is 53.1 Å². The number of hydrogen-bond donors (Lipinski definition) is 0. The highest BCUT2D eigenvalue weighted by molar-refractivity contribution is 5.74. The van der Waals surface area contributed by atoms with E-state index < -0.39 is 11.6 Å². The molecule has 0 heterocycles. The third-order valence-corrected chi connectivity index (χ3v) is 11.1. The molecule has 1 saturated carbocycles. The van der Waals surface area contributed by atoms with Gasteiger partial charge in [-0.05, 0) is 117 Å². The number of esters is 1. The van der Waals surface area contributed by atoms with Gasteiger partial charge in [0, 0.05) is 22.3 Å². The van der Waals surface area contributed by atoms with Crippen LogP contribution in [0.3, 0.4) is 0 Å². The molecule has 1 fully saturated rings. The zero-order chi connectivity index (χ0) is 40.1. The van der Waals surface area contributed by atoms with Gasteiger partial charge in [-0.15, -0.1) is 0 Å². The average Bonchev–Trinajstić information content (AvgIpc) is 3.86. The summed E-state index contributed by atoms with van der Waals surface area (Å²) in [4.78, 5) is 12.4. The second-order valence-corrected chi connectivity index (χ2v) is 15.8. The van der Waals surface area contributed by atoms with Crippen molar-refractivity contribution in [3.05, 3.63) is 106 Å². The van der Waals surface area contributed by atoms with E-state index in [9.17, 15) is 13.6 Å². The molecule has 2 aliphatic carbocycles. The molecule has 3 unspecified atom stereocenters. The third-order valence-electron chi connectivity index (χ3n) is 11.1. The van der Waals surface area contributed by atoms with E-state index >= 15 is 0 Å². The number of carbonyl (C=O) groups is 1. The minimum absolute atomic E-state index is 0.0104. The van der Waals surface area contributed by atoms with Crippen molar-refractivity contribution in [1.82, 2.24) is 0 Å². The number of ether oxygens (including phenoxy) is 3. The van der Waals surface area contributed by atoms with Gasteiger partial charge in [0.15, 0.2) is 23.1 Å². The third kappa shape index (κ3) is 14.7. The Morgan fingerprint density at radius 1 is 0.596 bits per heavy atom. The molecule has 4 nitrogen and oxygen atoms in total. The summed E-state index contributed by atoms with van der Waals surface area (Å²) >= 11 is 0. The lowest BCUT2D eigenvalue weighted by Gasteiger charge is -2.16. The average molecular weight is 777 g/mol. The van der Waals surface area contributed by atoms with Crippen molar-refractivity contribution < 1.29 is 27.8 Å². The first-order valence-corrected chi connectivity index (χ1v) is 21.8. The van der Waals surface area contributed by atoms with Crippen LogP contribution in [0.5, 0.6) is 11.5 Å². The number of fused-ring (bicyclic) bond motifs is 2. The molecular formula is C51H62F2O4. The van der Waals surface area contributed by atoms with Gasteiger partial charge in [0.2, 0.25) is 0 Å². The number of allylic oxidation sites excluding steroid dienone is 2. The monoisotopic (exact) mass is 776 g/mol. The number of benzene rings is 3. The van der Waals surface area contributed by atoms with Crippen molar-refractivity contribution in [3.8, 4) is 35.2 Å². The predicted molar refractivity (Wildman–Crippen MR) is 226 cm³/mol. The van der Waals surface area contributed by atoms with E-state index in [2.05, 4.69) is 55.7 Å². The topological polar surface area (TPSA) is 44.8 Å². The van der Waals surface area contributed by atoms with Gasteiger partial charge >= 0.3 is 5.97 Å². The summed E-state index contributed by atoms with van der Waals surface area (Å²) in [5.41, 5.74) is 4.02. The molecule has 304 valence electrons. The van der Waals surface area contributed by atoms with E-state index in [4.69, 9.17) is 14.2 Å². The van der Waals surface area contributed by atoms with Gasteiger partial charge < -0.3 is 14.2 Å². The van der Waals surface area contributed by atoms with Gasteiger partial charge in [-0.1, -0.05) is 120 Å². The quantitative estimate of drug-likeness (QED) is 0.0416. The Bertz CT molecular complexity index is 1880. The van der Waals surface area contributed by atoms with E-state index in [1.165, 1.54) is 44.2 Å². The molecule has 5 rings (SSSR count). The number of halogens is 2. The second-order valence-electron chi connectivity index (χ2n) is 15.8. The molecule has 3 atom stereocenters. The lowest BCUT2D eigenvalue weighted by atomic mass is 9.94. The fourth-order valence-corrected chi connectivity index (χ4v) is 7.73. The van der Waals surface area contributed by atoms with Crippen LogP contribution in [-0.2, 0) is 16.0 Å². The molecule has 0 saturated heterocycles. The van der Waals surface area contributed by atoms with Crippen molar-refractivity contribution in [2.24, 2.45) is 17.8 Å². The molecule has 0 amide bonds. The largest absolute Gasteiger partial charge is 0.491 e. The van der Waals surface area contributed by atoms with E-state index in [0.717, 1.165) is 100 Å². The molecular weight excluding hydrogens is 715 g/mol. The number of aryl methyl sites for hydroxylation is 1. The van der Waals surface area contributed by atoms with Crippen molar-refractivity contribution >= 4 is 5.97 Å². The number of unbranched alkanes of at least 4 members (excludes halogenated alkanes) is 12. The molecule has 3 aromatic rings. The summed E-state index contributed by atoms with van der Waals surface area (Å²) in [6, 6.07) is 15.8. The fourth-order valence-electron chi connectivity index (χ4n) is 7.73. The summed E-state index contributed by atoms with van der Waals surface area (Å²) in [6.45, 7) is 5.80. The molecule has 6 heteroatoms. The SMILES string of the molecule is CCCCCOc1ccc(C#Cc2ccc(C#Cc3ccc(OCCCCC)c(F)c3)c(CCCCCCCCCCCOC(=O)C3CC4C=CC3C4)c2)cc1F. The van der Waals surface area contributed by atoms with Crippen molar-refractivity contribution in [2.45, 2.75) is 129 Å². The Hall–Kier alpha value is -4.55. The van der Waals surface area contributed by atoms with Crippen molar-refractivity contribution in [2.75, 3.05) is 19.8 Å². The van der Waals surface area contributed by atoms with Crippen LogP contribution in [0.4, 0.5) is 8.78 Å². The molecule has 0 aromatic heterocycles. The summed E-state index contributed by atoms with van der Waals surface area (Å²) in [5, 5.41) is 0. The summed E-state index contributed by atoms with van der Waals surface area (Å²) in [7, 11) is 0. The summed E-state index contributed by atoms with van der Waals surface area (Å²) < 4.78 is 46.4. The minimum Gasteiger partial charge on any atom is -0.491 e. The van der Waals surface area contributed by atoms with Crippen LogP contribution in [0.2, 0.25) is 0 Å². The molecule has 2 bridgehead atoms. The Kier molecular flexibility index (Phi) is 18.6. The van der Waals surface area contributed by atoms with Gasteiger partial charge in [-0.25, -0.2) is 8.78 Å². The second kappa shape index (κ2) is 24.3. The van der Waals surface area contributed by atoms with Gasteiger partial charge in [0.05, 0.1) is 25.7 Å². The lowest BCUT2D eigenvalue weighted by molar-refractivity contribution is -0.149. The van der Waals surface area contributed by atoms with Crippen molar-refractivity contribution in [3.63, 3.8) is 0 Å². The maximum atomic E-state index is 14.8. The van der Waals surface area contributed by atoms with Crippen molar-refractivity contribution in [1.29, 1.82) is 0 Å². The minimum atomic E-state index is -0.404. The Morgan fingerprint density at radius 3 is 1.67 bits per heavy atom. The van der Waals surface area contributed by atoms with Crippen LogP contribution in [-0.4, -0.2) is 25.8 Å². The summed E-state index contributed by atoms with van der Waals surface area (Å²) in [6.07, 6.45) is 23.7. The zero-order valence-electron chi connectivity index (χ0n) is 34.3. The maximum absolute atomic E-state index is 14.8. The highest BCUT2D eigenvalue weighted by atomic mass is 19.1. The highest BCUT2D eigenvalue weighted by Crippen LogP contribution is 2.43. The Morgan fingerprint density at radius 2 is 1.12 bits per heavy atom. The number of hydrogen-bond acceptors (Lipinski definition) is 4. The molecule has 3 aromatic carbocycles. The zero-order valence-corrected chi connectivity index (χ0v) is 34.3. The molecule has 0 aliphatic heterocycles. The number of carbonyl (C=O) groups excluding carboxylic acids is 1. The van der Waals surface area contributed by atoms with E-state index in [0.29, 0.717) is 42.8 Å². The lowest BCUT2D eigenvalue weighted by Crippen LogP contribution is -2.21. The van der Waals surface area contributed by atoms with Crippen LogP contribution < -0.4 is 9.47 Å². The summed E-state index contributed by atoms with van der Waals surface area (Å²) in [5.74, 6) is 13.6. The van der Waals surface area contributed by atoms with E-state index in [1.54, 1.807) is 24.3 Å². The first-order chi connectivity index (χ1) is 27.9. The standard InChI is InChI=1S/C51H62F2O4/c1-3-5-15-31-55-49-29-24-40(37-47(49)52)20-19-39-21-26-43(27-22-41-25-30-50(48(53)38-41)56-32-16-6-4-2)44(34-39)18-14-12-10-8-7-9-11-13-17-33-57-51(54)46-36-42-23-28-45(46)35-42/h21,23-26,28-30,34,37-38,42,45-46H,3-18,31-33,35-36H2,1-2H3. The predicted octanol–water partition coefficient (Wildman–Crippen LogP) is 12.7. The van der Waals surface area contributed by atoms with Gasteiger partial charge in [0.25, 0.3) is 0 Å². The van der Waals surface area contributed by atoms with Crippen LogP contribution in [0.1, 0.15) is 151 Å². The highest BCUT2D eigenvalue weighted by Gasteiger charge is 2.40. The normalized spacial score (nSPS) is 16.5. The molecule has 0 N–H and O–H groups in total. The number of rotatable bonds is 23. The first-order valence-electron chi connectivity index (χ1n) is 21.8. The molecule has 0 spiro atoms. The van der Waals surface area contributed by atoms with Crippen LogP contribution in [0.25, 0.3) is 0 Å². The first kappa shape index (κ1) is 43.6. The van der Waals surface area contributed by atoms with Gasteiger partial charge in [-0.2, -0.15) is 0 Å². The van der Waals surface area contributed by atoms with E-state index in [1.807, 2.05) is 12.1 Å². The van der Waals surface area contributed by atoms with E-state index in [-0.39, 0.29) is 23.4 Å². The maximum Gasteiger partial charge on any atom is 0.309 e. The Labute approximate surface area is 341 Å². The fraction of sp³-hybridized carbons (Fsp3) is 0.510. The molecule has 2 aliphatic rings. The molecule has 0 radical (unpaired) electrons. The van der Waals surface area contributed by atoms with Gasteiger partial charge in [-0.3, -0.25) is 4.79 Å². The molecule has 57 heavy (non-hydrogen) atoms. The smallest absolute Gasteiger partial charge is 0.309 e. The van der Waals surface area contributed by atoms with Crippen LogP contribution in [0.15, 0.2) is 66.7 Å². The Balaban J connectivity index is 1.10. The van der Waals surface area contributed by atoms with Crippen LogP contribution >= 0.6 is 0 Å². The van der Waals surface area contributed by atoms with Gasteiger partial charge in [0.1, 0.15) is 0 Å².